The number of carbonyl (C=O) groups excluding carboxylic acids is 1. The SMILES string of the molecule is Cc1ccc(OCc2nc(CC(=O)N3CCCCN3)cs2)cc1. The summed E-state index contributed by atoms with van der Waals surface area (Å²) in [5, 5.41) is 4.54. The number of ether oxygens (including phenoxy) is 1. The van der Waals surface area contributed by atoms with Crippen LogP contribution in [0.1, 0.15) is 29.1 Å². The van der Waals surface area contributed by atoms with Crippen LogP contribution in [-0.4, -0.2) is 29.0 Å². The number of hydrazine groups is 1. The van der Waals surface area contributed by atoms with Crippen molar-refractivity contribution in [1.82, 2.24) is 15.4 Å². The van der Waals surface area contributed by atoms with Crippen molar-refractivity contribution >= 4 is 17.2 Å². The van der Waals surface area contributed by atoms with Gasteiger partial charge in [0.2, 0.25) is 5.91 Å². The maximum Gasteiger partial charge on any atom is 0.242 e. The molecule has 1 aromatic carbocycles. The monoisotopic (exact) mass is 331 g/mol. The molecule has 1 aliphatic heterocycles. The maximum absolute atomic E-state index is 12.2. The molecule has 1 fully saturated rings. The van der Waals surface area contributed by atoms with Crippen molar-refractivity contribution < 1.29 is 9.53 Å². The number of carbonyl (C=O) groups is 1. The Morgan fingerprint density at radius 3 is 2.91 bits per heavy atom. The second-order valence-corrected chi connectivity index (χ2v) is 6.61. The minimum Gasteiger partial charge on any atom is -0.486 e. The standard InChI is InChI=1S/C17H21N3O2S/c1-13-4-6-15(7-5-13)22-11-16-19-14(12-23-16)10-17(21)20-9-3-2-8-18-20/h4-7,12,18H,2-3,8-11H2,1H3. The van der Waals surface area contributed by atoms with Gasteiger partial charge in [-0.05, 0) is 31.9 Å². The number of benzene rings is 1. The van der Waals surface area contributed by atoms with E-state index in [1.165, 1.54) is 16.9 Å². The van der Waals surface area contributed by atoms with Crippen molar-refractivity contribution in [3.8, 4) is 5.75 Å². The molecule has 5 nitrogen and oxygen atoms in total. The van der Waals surface area contributed by atoms with Crippen molar-refractivity contribution in [3.05, 3.63) is 45.9 Å². The summed E-state index contributed by atoms with van der Waals surface area (Å²) in [6, 6.07) is 7.95. The van der Waals surface area contributed by atoms with Crippen LogP contribution in [0.4, 0.5) is 0 Å². The van der Waals surface area contributed by atoms with Gasteiger partial charge in [0.15, 0.2) is 0 Å². The van der Waals surface area contributed by atoms with E-state index >= 15 is 0 Å². The van der Waals surface area contributed by atoms with Crippen LogP contribution in [0.15, 0.2) is 29.6 Å². The molecule has 1 saturated heterocycles. The Balaban J connectivity index is 1.51. The predicted octanol–water partition coefficient (Wildman–Crippen LogP) is 2.70. The van der Waals surface area contributed by atoms with E-state index < -0.39 is 0 Å². The van der Waals surface area contributed by atoms with Gasteiger partial charge in [0.1, 0.15) is 17.4 Å². The molecule has 0 aliphatic carbocycles. The van der Waals surface area contributed by atoms with Gasteiger partial charge in [0.05, 0.1) is 12.1 Å². The van der Waals surface area contributed by atoms with Crippen LogP contribution in [0.25, 0.3) is 0 Å². The van der Waals surface area contributed by atoms with Gasteiger partial charge in [0, 0.05) is 18.5 Å². The topological polar surface area (TPSA) is 54.5 Å². The molecule has 0 radical (unpaired) electrons. The molecule has 0 unspecified atom stereocenters. The average molecular weight is 331 g/mol. The Hall–Kier alpha value is -1.92. The van der Waals surface area contributed by atoms with Gasteiger partial charge in [-0.15, -0.1) is 11.3 Å². The summed E-state index contributed by atoms with van der Waals surface area (Å²) >= 11 is 1.53. The Morgan fingerprint density at radius 2 is 2.17 bits per heavy atom. The van der Waals surface area contributed by atoms with Crippen LogP contribution >= 0.6 is 11.3 Å². The normalized spacial score (nSPS) is 14.7. The minimum absolute atomic E-state index is 0.0843. The number of nitrogens with one attached hydrogen (secondary N) is 1. The van der Waals surface area contributed by atoms with Crippen molar-refractivity contribution in [2.24, 2.45) is 0 Å². The number of thiazole rings is 1. The molecule has 0 saturated carbocycles. The number of amides is 1. The lowest BCUT2D eigenvalue weighted by atomic mass is 10.2. The quantitative estimate of drug-likeness (QED) is 0.915. The zero-order chi connectivity index (χ0) is 16.1. The molecular formula is C17H21N3O2S. The molecule has 1 aromatic heterocycles. The molecule has 6 heteroatoms. The van der Waals surface area contributed by atoms with Gasteiger partial charge in [-0.25, -0.2) is 10.4 Å². The van der Waals surface area contributed by atoms with Crippen molar-refractivity contribution in [2.75, 3.05) is 13.1 Å². The first-order valence-electron chi connectivity index (χ1n) is 7.87. The fourth-order valence-electron chi connectivity index (χ4n) is 2.43. The van der Waals surface area contributed by atoms with Crippen molar-refractivity contribution in [3.63, 3.8) is 0 Å². The first-order valence-corrected chi connectivity index (χ1v) is 8.75. The predicted molar refractivity (Wildman–Crippen MR) is 90.3 cm³/mol. The lowest BCUT2D eigenvalue weighted by Crippen LogP contribution is -2.47. The van der Waals surface area contributed by atoms with Gasteiger partial charge in [0.25, 0.3) is 0 Å². The summed E-state index contributed by atoms with van der Waals surface area (Å²) in [5.74, 6) is 0.918. The maximum atomic E-state index is 12.2. The molecule has 1 N–H and O–H groups in total. The van der Waals surface area contributed by atoms with E-state index in [1.807, 2.05) is 36.6 Å². The largest absolute Gasteiger partial charge is 0.486 e. The van der Waals surface area contributed by atoms with Gasteiger partial charge in [-0.3, -0.25) is 9.80 Å². The highest BCUT2D eigenvalue weighted by Gasteiger charge is 2.17. The summed E-state index contributed by atoms with van der Waals surface area (Å²) < 4.78 is 5.72. The Labute approximate surface area is 140 Å². The molecule has 1 amide bonds. The highest BCUT2D eigenvalue weighted by Crippen LogP contribution is 2.16. The number of hydrogen-bond donors (Lipinski definition) is 1. The third-order valence-electron chi connectivity index (χ3n) is 3.73. The second kappa shape index (κ2) is 7.57. The van der Waals surface area contributed by atoms with E-state index in [0.717, 1.165) is 42.4 Å². The first-order chi connectivity index (χ1) is 11.2. The third kappa shape index (κ3) is 4.53. The molecule has 0 spiro atoms. The van der Waals surface area contributed by atoms with Crippen molar-refractivity contribution in [2.45, 2.75) is 32.8 Å². The summed E-state index contributed by atoms with van der Waals surface area (Å²) in [6.45, 7) is 4.14. The first kappa shape index (κ1) is 16.0. The molecule has 2 aromatic rings. The van der Waals surface area contributed by atoms with Gasteiger partial charge in [-0.2, -0.15) is 0 Å². The smallest absolute Gasteiger partial charge is 0.242 e. The summed E-state index contributed by atoms with van der Waals surface area (Å²) in [6.07, 6.45) is 2.53. The molecule has 1 aliphatic rings. The molecule has 3 rings (SSSR count). The van der Waals surface area contributed by atoms with Crippen molar-refractivity contribution in [1.29, 1.82) is 0 Å². The molecule has 2 heterocycles. The zero-order valence-corrected chi connectivity index (χ0v) is 14.1. The number of nitrogens with zero attached hydrogens (tertiary/aromatic N) is 2. The highest BCUT2D eigenvalue weighted by atomic mass is 32.1. The molecule has 23 heavy (non-hydrogen) atoms. The minimum atomic E-state index is 0.0843. The van der Waals surface area contributed by atoms with E-state index in [9.17, 15) is 4.79 Å². The Morgan fingerprint density at radius 1 is 1.35 bits per heavy atom. The molecule has 0 atom stereocenters. The van der Waals surface area contributed by atoms with Gasteiger partial charge in [-0.1, -0.05) is 17.7 Å². The summed E-state index contributed by atoms with van der Waals surface area (Å²) in [4.78, 5) is 16.7. The number of hydrogen-bond acceptors (Lipinski definition) is 5. The van der Waals surface area contributed by atoms with E-state index in [-0.39, 0.29) is 5.91 Å². The van der Waals surface area contributed by atoms with Gasteiger partial charge < -0.3 is 4.74 Å². The fourth-order valence-corrected chi connectivity index (χ4v) is 3.13. The fraction of sp³-hybridized carbons (Fsp3) is 0.412. The average Bonchev–Trinajstić information content (AvgIpc) is 3.02. The lowest BCUT2D eigenvalue weighted by molar-refractivity contribution is -0.134. The van der Waals surface area contributed by atoms with Crippen LogP contribution in [0.5, 0.6) is 5.75 Å². The number of rotatable bonds is 5. The van der Waals surface area contributed by atoms with E-state index in [0.29, 0.717) is 13.0 Å². The third-order valence-corrected chi connectivity index (χ3v) is 4.60. The van der Waals surface area contributed by atoms with Crippen LogP contribution in [0.3, 0.4) is 0 Å². The number of aryl methyl sites for hydroxylation is 1. The molecular weight excluding hydrogens is 310 g/mol. The van der Waals surface area contributed by atoms with Crippen LogP contribution in [0.2, 0.25) is 0 Å². The highest BCUT2D eigenvalue weighted by molar-refractivity contribution is 7.09. The zero-order valence-electron chi connectivity index (χ0n) is 13.2. The lowest BCUT2D eigenvalue weighted by Gasteiger charge is -2.27. The molecule has 0 bridgehead atoms. The Kier molecular flexibility index (Phi) is 5.25. The summed E-state index contributed by atoms with van der Waals surface area (Å²) in [7, 11) is 0. The molecule has 122 valence electrons. The van der Waals surface area contributed by atoms with Crippen LogP contribution in [0, 0.1) is 6.92 Å². The van der Waals surface area contributed by atoms with Gasteiger partial charge >= 0.3 is 0 Å². The van der Waals surface area contributed by atoms with E-state index in [1.54, 1.807) is 5.01 Å². The van der Waals surface area contributed by atoms with E-state index in [4.69, 9.17) is 4.74 Å². The van der Waals surface area contributed by atoms with E-state index in [2.05, 4.69) is 10.4 Å². The second-order valence-electron chi connectivity index (χ2n) is 5.67. The van der Waals surface area contributed by atoms with Crippen LogP contribution in [-0.2, 0) is 17.8 Å². The van der Waals surface area contributed by atoms with Crippen LogP contribution < -0.4 is 10.2 Å². The Bertz CT molecular complexity index is 648. The summed E-state index contributed by atoms with van der Waals surface area (Å²) in [5.41, 5.74) is 5.15. The number of aromatic nitrogens is 1.